The van der Waals surface area contributed by atoms with E-state index in [2.05, 4.69) is 47.9 Å². The molecule has 636 valence electrons. The van der Waals surface area contributed by atoms with Gasteiger partial charge in [-0.3, -0.25) is 71.3 Å². The minimum atomic E-state index is -4.98. The van der Waals surface area contributed by atoms with Crippen LogP contribution >= 0.6 is 15.4 Å². The number of aryl methyl sites for hydroxylation is 1. The lowest BCUT2D eigenvalue weighted by Gasteiger charge is -2.31. The van der Waals surface area contributed by atoms with Gasteiger partial charge < -0.3 is 106 Å². The Morgan fingerprint density at radius 3 is 2.03 bits per heavy atom. The van der Waals surface area contributed by atoms with Crippen LogP contribution in [0.2, 0.25) is 0 Å². The molecule has 4 aromatic rings. The number of fused-ring (bicyclic) bond motifs is 5. The molecule has 0 radical (unpaired) electrons. The Morgan fingerprint density at radius 1 is 0.718 bits per heavy atom. The molecular formula is C73H94FN13O28P2. The summed E-state index contributed by atoms with van der Waals surface area (Å²) in [5, 5.41) is 34.9. The van der Waals surface area contributed by atoms with Gasteiger partial charge in [-0.25, -0.2) is 28.3 Å². The standard InChI is InChI=1S/C73H94FN13O28P2/c1-5-73(102)46-31-53-64-44(35-86(53)69(98)45(46)37-113-71(73)100)62-48(13-12-43-40(4)47(74)32-51(83-64)61(43)62)80-58(91)38-115-117(106,107)114-36-41-8-10-42(11-9-41)79-65(94)49(7-6-19-77-72(75)101)84-68(97)63(39(2)3)85-66(95)52(33-57(90)81-50-16-22-112-70(50)99)82-56(89)17-21-108-24-26-110-28-29-111-27-25-109-23-20-76-67(96)54(87-59(92)14-15-60(87)93)34-78-55(88)18-30-116(103,104)105/h8-11,14-15,31-32,39,48-50,52,54,63,102H,5-7,12-13,16-30,33-38H2,1-4H3,(H,76,96)(H,78,88)(H,79,94)(H,80,91)(H,81,90)(H,82,89)(H,84,97)(H,85,95)(H,106,107)(H3,75,77,101)(H2,103,104,105)/t48-,49-,50-,52-,54-,63-,73-/m0/s1. The minimum Gasteiger partial charge on any atom is -0.464 e. The van der Waals surface area contributed by atoms with Gasteiger partial charge in [-0.1, -0.05) is 32.9 Å². The lowest BCUT2D eigenvalue weighted by Crippen LogP contribution is -2.58. The van der Waals surface area contributed by atoms with Crippen molar-refractivity contribution in [3.05, 3.63) is 104 Å². The number of nitrogens with zero attached hydrogens (tertiary/aromatic N) is 3. The number of amides is 12. The molecule has 0 saturated carbocycles. The van der Waals surface area contributed by atoms with Crippen LogP contribution in [0.4, 0.5) is 14.9 Å². The number of nitrogens with two attached hydrogens (primary N) is 1. The number of ether oxygens (including phenoxy) is 6. The minimum absolute atomic E-state index is 0.0119. The Labute approximate surface area is 667 Å². The maximum Gasteiger partial charge on any atom is 0.473 e. The molecule has 6 heterocycles. The molecule has 12 amide bonds. The maximum atomic E-state index is 15.5. The van der Waals surface area contributed by atoms with E-state index < -0.39 is 190 Å². The van der Waals surface area contributed by atoms with E-state index in [1.807, 2.05) is 0 Å². The monoisotopic (exact) mass is 1680 g/mol. The van der Waals surface area contributed by atoms with Gasteiger partial charge in [0.25, 0.3) is 17.4 Å². The molecule has 117 heavy (non-hydrogen) atoms. The molecule has 41 nitrogen and oxygen atoms in total. The van der Waals surface area contributed by atoms with Crippen LogP contribution in [-0.4, -0.2) is 233 Å². The van der Waals surface area contributed by atoms with Crippen molar-refractivity contribution < 1.29 is 133 Å². The van der Waals surface area contributed by atoms with Crippen LogP contribution in [0.1, 0.15) is 117 Å². The summed E-state index contributed by atoms with van der Waals surface area (Å²) in [7, 11) is -9.47. The number of urea groups is 1. The van der Waals surface area contributed by atoms with Crippen LogP contribution in [0.25, 0.3) is 22.3 Å². The molecule has 5 aliphatic rings. The second-order valence-corrected chi connectivity index (χ2v) is 31.4. The van der Waals surface area contributed by atoms with Crippen molar-refractivity contribution in [2.45, 2.75) is 147 Å². The topological polar surface area (TPSA) is 583 Å². The highest BCUT2D eigenvalue weighted by molar-refractivity contribution is 7.51. The molecule has 15 N–H and O–H groups in total. The number of aromatic nitrogens is 2. The number of esters is 2. The maximum absolute atomic E-state index is 15.5. The first-order valence-corrected chi connectivity index (χ1v) is 40.8. The fraction of sp³-hybridized carbons (Fsp3) is 0.521. The number of halogens is 1. The van der Waals surface area contributed by atoms with E-state index in [0.717, 1.165) is 12.2 Å². The van der Waals surface area contributed by atoms with Crippen molar-refractivity contribution in [2.24, 2.45) is 11.7 Å². The van der Waals surface area contributed by atoms with Crippen LogP contribution < -0.4 is 59.1 Å². The SMILES string of the molecule is CC[C@@]1(O)C(=O)OCc2c1cc1n(c2=O)Cc2c-1nc1cc(F)c(C)c3c1c2[C@@H](NC(=O)COP(=O)(O)OCc1ccc(NC(=O)[C@H](CCCNC(N)=O)NC(=O)[C@@H](NC(=O)[C@H](CC(=O)N[C@H]2CCOC2=O)NC(=O)CCOCCOCCOCCOCCNC(=O)[C@H](CNC(=O)CCP(=O)(O)O)N2C(=O)C=CC2=O)C(C)C)cc1)CC3. The number of nitrogens with one attached hydrogen (secondary N) is 9. The second kappa shape index (κ2) is 41.2. The summed E-state index contributed by atoms with van der Waals surface area (Å²) in [4.78, 5) is 218. The summed E-state index contributed by atoms with van der Waals surface area (Å²) in [5.74, 6) is -11.2. The Balaban J connectivity index is 0.717. The van der Waals surface area contributed by atoms with Crippen LogP contribution in [-0.2, 0) is 136 Å². The van der Waals surface area contributed by atoms with Gasteiger partial charge >= 0.3 is 33.4 Å². The zero-order valence-corrected chi connectivity index (χ0v) is 66.1. The molecule has 1 saturated heterocycles. The highest BCUT2D eigenvalue weighted by atomic mass is 31.2. The van der Waals surface area contributed by atoms with Gasteiger partial charge in [0, 0.05) is 79.3 Å². The summed E-state index contributed by atoms with van der Waals surface area (Å²) < 4.78 is 83.8. The molecular weight excluding hydrogens is 1590 g/mol. The molecule has 1 unspecified atom stereocenters. The van der Waals surface area contributed by atoms with E-state index in [-0.39, 0.29) is 164 Å². The molecule has 44 heteroatoms. The number of cyclic esters (lactones) is 2. The first kappa shape index (κ1) is 90.6. The molecule has 9 rings (SSSR count). The third-order valence-corrected chi connectivity index (χ3v) is 21.3. The predicted molar refractivity (Wildman–Crippen MR) is 404 cm³/mol. The lowest BCUT2D eigenvalue weighted by molar-refractivity contribution is -0.172. The van der Waals surface area contributed by atoms with E-state index in [9.17, 15) is 86.3 Å². The smallest absolute Gasteiger partial charge is 0.464 e. The third-order valence-electron chi connectivity index (χ3n) is 19.6. The van der Waals surface area contributed by atoms with E-state index in [4.69, 9.17) is 58.0 Å². The first-order chi connectivity index (χ1) is 55.6. The highest BCUT2D eigenvalue weighted by Crippen LogP contribution is 2.47. The average Bonchev–Trinajstić information content (AvgIpc) is 1.57. The number of hydrogen-bond acceptors (Lipinski definition) is 26. The van der Waals surface area contributed by atoms with Crippen LogP contribution in [0.3, 0.4) is 0 Å². The van der Waals surface area contributed by atoms with Gasteiger partial charge in [0.2, 0.25) is 47.3 Å². The number of carbonyl (C=O) groups is 13. The normalized spacial score (nSPS) is 18.1. The van der Waals surface area contributed by atoms with Gasteiger partial charge in [-0.05, 0) is 85.4 Å². The largest absolute Gasteiger partial charge is 0.473 e. The van der Waals surface area contributed by atoms with Crippen LogP contribution in [0, 0.1) is 18.7 Å². The quantitative estimate of drug-likeness (QED) is 0.00945. The molecule has 1 aliphatic carbocycles. The van der Waals surface area contributed by atoms with Crippen LogP contribution in [0.15, 0.2) is 53.3 Å². The Hall–Kier alpha value is -10.4. The van der Waals surface area contributed by atoms with Gasteiger partial charge in [-0.15, -0.1) is 0 Å². The summed E-state index contributed by atoms with van der Waals surface area (Å²) in [6.07, 6.45) is 0.0955. The zero-order chi connectivity index (χ0) is 85.1. The van der Waals surface area contributed by atoms with E-state index in [1.165, 1.54) is 41.0 Å². The van der Waals surface area contributed by atoms with Gasteiger partial charge in [0.05, 0.1) is 114 Å². The summed E-state index contributed by atoms with van der Waals surface area (Å²) in [5.41, 5.74) is 5.98. The highest BCUT2D eigenvalue weighted by Gasteiger charge is 2.47. The molecule has 0 bridgehead atoms. The van der Waals surface area contributed by atoms with Crippen LogP contribution in [0.5, 0.6) is 0 Å². The van der Waals surface area contributed by atoms with Crippen molar-refractivity contribution in [1.82, 2.24) is 57.0 Å². The average molecular weight is 1680 g/mol. The molecule has 1 fully saturated rings. The fourth-order valence-corrected chi connectivity index (χ4v) is 14.6. The summed E-state index contributed by atoms with van der Waals surface area (Å²) in [6.45, 7) is 4.13. The number of phosphoric ester groups is 1. The summed E-state index contributed by atoms with van der Waals surface area (Å²) >= 11 is 0. The Morgan fingerprint density at radius 2 is 1.38 bits per heavy atom. The fourth-order valence-electron chi connectivity index (χ4n) is 13.4. The third kappa shape index (κ3) is 24.4. The number of rotatable bonds is 45. The number of primary amides is 1. The zero-order valence-electron chi connectivity index (χ0n) is 64.3. The number of pyridine rings is 2. The van der Waals surface area contributed by atoms with E-state index in [0.29, 0.717) is 39.0 Å². The summed E-state index contributed by atoms with van der Waals surface area (Å²) in [6, 6.07) is -0.168. The Bertz CT molecular complexity index is 4640. The van der Waals surface area contributed by atoms with Crippen molar-refractivity contribution in [3.63, 3.8) is 0 Å². The second-order valence-electron chi connectivity index (χ2n) is 28.1. The number of benzene rings is 2. The van der Waals surface area contributed by atoms with Gasteiger partial charge in [-0.2, -0.15) is 0 Å². The lowest BCUT2D eigenvalue weighted by atomic mass is 9.81. The van der Waals surface area contributed by atoms with Crippen molar-refractivity contribution in [1.29, 1.82) is 0 Å². The van der Waals surface area contributed by atoms with Crippen molar-refractivity contribution in [3.8, 4) is 11.4 Å². The number of anilines is 1. The van der Waals surface area contributed by atoms with Crippen molar-refractivity contribution in [2.75, 3.05) is 97.2 Å². The predicted octanol–water partition coefficient (Wildman–Crippen LogP) is -1.17. The Kier molecular flexibility index (Phi) is 31.9. The molecule has 2 aromatic carbocycles. The van der Waals surface area contributed by atoms with E-state index in [1.54, 1.807) is 27.7 Å². The molecule has 0 spiro atoms. The number of hydrogen-bond donors (Lipinski definition) is 14. The molecule has 8 atom stereocenters. The first-order valence-electron chi connectivity index (χ1n) is 37.5. The van der Waals surface area contributed by atoms with E-state index >= 15 is 4.39 Å². The van der Waals surface area contributed by atoms with Gasteiger partial charge in [0.1, 0.15) is 49.2 Å². The number of carbonyl (C=O) groups excluding carboxylic acids is 13. The number of imide groups is 1. The number of aliphatic hydroxyl groups is 1. The number of phosphoric acid groups is 1. The molecule has 2 aromatic heterocycles. The molecule has 4 aliphatic heterocycles. The van der Waals surface area contributed by atoms with Crippen molar-refractivity contribution >= 4 is 109 Å². The van der Waals surface area contributed by atoms with Gasteiger partial charge in [0.15, 0.2) is 5.60 Å².